The first-order chi connectivity index (χ1) is 56.9. The molecule has 2 aliphatic heterocycles. The SMILES string of the molecule is [2H]c1c([2H])c([2H])c(-c2ccc3c(c2)N(c2c(-c4ccccc4)cc(C(C)(C)C)cc2-c2ccccc2)c2cc(-c4c([2H])c([2H])c([2H])c([2H])c4[2H])cc4c2B3c2ccc(-n3c5ccc(C(C)(C)C)cc5c5cc(C(C)(C)C)ccc53)cc2N4c2cccc3c2oc2c(-n4c5ccc(C(C)(C)C)cc5c5cc(C(C)(C)C)ccc54)cccc23)c([2H])c1[2H]. The van der Waals surface area contributed by atoms with Crippen molar-refractivity contribution in [3.05, 3.63) is 319 Å². The van der Waals surface area contributed by atoms with Crippen molar-refractivity contribution in [2.24, 2.45) is 0 Å². The molecule has 0 aliphatic carbocycles. The van der Waals surface area contributed by atoms with E-state index in [9.17, 15) is 11.0 Å². The summed E-state index contributed by atoms with van der Waals surface area (Å²) in [5, 5.41) is 6.25. The van der Waals surface area contributed by atoms with Crippen molar-refractivity contribution >= 4 is 123 Å². The lowest BCUT2D eigenvalue weighted by Gasteiger charge is -2.45. The molecule has 5 nitrogen and oxygen atoms in total. The fourth-order valence-electron chi connectivity index (χ4n) is 17.3. The van der Waals surface area contributed by atoms with Crippen LogP contribution in [0.15, 0.2) is 295 Å². The molecule has 17 aromatic rings. The maximum Gasteiger partial charge on any atom is 0.252 e. The Bertz CT molecular complexity index is 7000. The predicted molar refractivity (Wildman–Crippen MR) is 472 cm³/mol. The molecule has 0 amide bonds. The monoisotopic (exact) mass is 1430 g/mol. The van der Waals surface area contributed by atoms with Crippen LogP contribution < -0.4 is 26.2 Å². The summed E-state index contributed by atoms with van der Waals surface area (Å²) in [5.41, 5.74) is 22.7. The summed E-state index contributed by atoms with van der Waals surface area (Å²) in [6.45, 7) is 33.0. The van der Waals surface area contributed by atoms with Gasteiger partial charge in [-0.25, -0.2) is 0 Å². The van der Waals surface area contributed by atoms with Crippen molar-refractivity contribution < 1.29 is 18.1 Å². The first kappa shape index (κ1) is 58.2. The first-order valence-corrected chi connectivity index (χ1v) is 38.5. The lowest BCUT2D eigenvalue weighted by molar-refractivity contribution is 0.590. The van der Waals surface area contributed by atoms with E-state index >= 15 is 0 Å². The smallest absolute Gasteiger partial charge is 0.252 e. The minimum Gasteiger partial charge on any atom is -0.452 e. The molecule has 19 rings (SSSR count). The Morgan fingerprint density at radius 3 is 1.15 bits per heavy atom. The quantitative estimate of drug-likeness (QED) is 0.142. The van der Waals surface area contributed by atoms with E-state index in [2.05, 4.69) is 293 Å². The van der Waals surface area contributed by atoms with Crippen LogP contribution in [0.3, 0.4) is 0 Å². The molecule has 5 heterocycles. The molecule has 14 aromatic carbocycles. The average Bonchev–Trinajstić information content (AvgIpc) is 0.738. The van der Waals surface area contributed by atoms with Gasteiger partial charge < -0.3 is 23.4 Å². The number of hydrogen-bond donors (Lipinski definition) is 0. The molecule has 0 N–H and O–H groups in total. The van der Waals surface area contributed by atoms with Gasteiger partial charge in [-0.2, -0.15) is 0 Å². The van der Waals surface area contributed by atoms with Crippen LogP contribution in [0, 0.1) is 0 Å². The zero-order chi connectivity index (χ0) is 84.5. The minimum absolute atomic E-state index is 0.0130. The second kappa shape index (κ2) is 24.8. The first-order valence-electron chi connectivity index (χ1n) is 43.5. The third kappa shape index (κ3) is 11.1. The van der Waals surface area contributed by atoms with Crippen molar-refractivity contribution in [2.45, 2.75) is 131 Å². The molecule has 0 atom stereocenters. The molecule has 0 fully saturated rings. The summed E-state index contributed by atoms with van der Waals surface area (Å²) < 4.78 is 108. The number of furan rings is 1. The van der Waals surface area contributed by atoms with Gasteiger partial charge in [0.1, 0.15) is 0 Å². The Hall–Kier alpha value is -11.9. The summed E-state index contributed by atoms with van der Waals surface area (Å²) >= 11 is 0. The van der Waals surface area contributed by atoms with E-state index in [0.717, 1.165) is 121 Å². The Labute approximate surface area is 661 Å². The molecular weight excluding hydrogens is 1330 g/mol. The normalized spacial score (nSPS) is 14.6. The molecule has 0 saturated heterocycles. The summed E-state index contributed by atoms with van der Waals surface area (Å²) in [7, 11) is 0. The summed E-state index contributed by atoms with van der Waals surface area (Å²) in [6, 6.07) is 77.6. The van der Waals surface area contributed by atoms with Crippen molar-refractivity contribution in [1.29, 1.82) is 0 Å². The average molecular weight is 1440 g/mol. The summed E-state index contributed by atoms with van der Waals surface area (Å²) in [6.07, 6.45) is 0. The number of benzene rings is 14. The number of rotatable bonds is 8. The van der Waals surface area contributed by atoms with Gasteiger partial charge in [0.2, 0.25) is 0 Å². The van der Waals surface area contributed by atoms with Gasteiger partial charge in [0.05, 0.1) is 52.8 Å². The Morgan fingerprint density at radius 1 is 0.282 bits per heavy atom. The zero-order valence-electron chi connectivity index (χ0n) is 75.2. The standard InChI is InChI=1S/C104H93BN4O/c1-100(2,3)70-43-50-86-80(57-70)81-58-71(101(4,5)6)44-51-87(81)106(86)75-47-49-85-93(63-75)108(91-41-29-39-77-76-38-28-40-90(98(76)110-99(77)91)107-88-52-45-72(102(7,8)9)59-82(88)83-60-73(103(10,11)12)46-53-89(83)107)94-55-69(65-32-22-17-23-33-65)56-95-96(94)105(85)84-48-42-68(64-30-20-16-21-31-64)54-92(84)109(95)97-78(66-34-24-18-25-35-66)61-74(104(13,14)15)62-79(97)67-36-26-19-27-37-67/h16-63H,1-15H3/i16D,17D,20D,21D,22D,23D,30D,31D,32D,33D. The maximum atomic E-state index is 10.1. The van der Waals surface area contributed by atoms with Crippen molar-refractivity contribution in [3.63, 3.8) is 0 Å². The summed E-state index contributed by atoms with van der Waals surface area (Å²) in [4.78, 5) is 4.55. The molecule has 538 valence electrons. The van der Waals surface area contributed by atoms with E-state index in [1.54, 1.807) is 0 Å². The summed E-state index contributed by atoms with van der Waals surface area (Å²) in [5.74, 6) is 0. The lowest BCUT2D eigenvalue weighted by atomic mass is 9.33. The van der Waals surface area contributed by atoms with E-state index in [1.807, 2.05) is 60.7 Å². The van der Waals surface area contributed by atoms with E-state index in [4.69, 9.17) is 7.16 Å². The van der Waals surface area contributed by atoms with E-state index < -0.39 is 48.4 Å². The Morgan fingerprint density at radius 2 is 0.682 bits per heavy atom. The van der Waals surface area contributed by atoms with Gasteiger partial charge in [-0.05, 0) is 208 Å². The van der Waals surface area contributed by atoms with Crippen LogP contribution in [-0.2, 0) is 27.1 Å². The highest BCUT2D eigenvalue weighted by molar-refractivity contribution is 7.00. The van der Waals surface area contributed by atoms with E-state index in [-0.39, 0.29) is 57.0 Å². The number of nitrogens with zero attached hydrogens (tertiary/aromatic N) is 4. The number of hydrogen-bond acceptors (Lipinski definition) is 3. The number of fused-ring (bicyclic) bond motifs is 13. The van der Waals surface area contributed by atoms with Gasteiger partial charge in [-0.3, -0.25) is 0 Å². The highest BCUT2D eigenvalue weighted by Crippen LogP contribution is 2.55. The second-order valence-electron chi connectivity index (χ2n) is 35.5. The van der Waals surface area contributed by atoms with Crippen molar-refractivity contribution in [1.82, 2.24) is 9.13 Å². The van der Waals surface area contributed by atoms with Gasteiger partial charge in [0.25, 0.3) is 6.71 Å². The Balaban J connectivity index is 0.990. The molecule has 0 unspecified atom stereocenters. The molecule has 110 heavy (non-hydrogen) atoms. The van der Waals surface area contributed by atoms with Crippen LogP contribution in [0.2, 0.25) is 0 Å². The number of aromatic nitrogens is 2. The Kier molecular flexibility index (Phi) is 13.1. The highest BCUT2D eigenvalue weighted by Gasteiger charge is 2.46. The largest absolute Gasteiger partial charge is 0.452 e. The molecule has 0 saturated carbocycles. The molecular formula is C104H93BN4O. The molecule has 0 bridgehead atoms. The zero-order valence-corrected chi connectivity index (χ0v) is 65.2. The van der Waals surface area contributed by atoms with E-state index in [0.29, 0.717) is 45.0 Å². The number of para-hydroxylation sites is 2. The predicted octanol–water partition coefficient (Wildman–Crippen LogP) is 27.0. The van der Waals surface area contributed by atoms with Gasteiger partial charge >= 0.3 is 0 Å². The fraction of sp³-hybridized carbons (Fsp3) is 0.192. The fourth-order valence-corrected chi connectivity index (χ4v) is 17.3. The molecule has 6 heteroatoms. The molecule has 2 aliphatic rings. The van der Waals surface area contributed by atoms with Crippen LogP contribution in [-0.4, -0.2) is 15.8 Å². The topological polar surface area (TPSA) is 29.5 Å². The van der Waals surface area contributed by atoms with Gasteiger partial charge in [0, 0.05) is 71.9 Å². The van der Waals surface area contributed by atoms with Crippen molar-refractivity contribution in [2.75, 3.05) is 9.80 Å². The van der Waals surface area contributed by atoms with Crippen LogP contribution in [0.4, 0.5) is 34.1 Å². The second-order valence-corrected chi connectivity index (χ2v) is 35.5. The van der Waals surface area contributed by atoms with E-state index in [1.165, 1.54) is 22.3 Å². The van der Waals surface area contributed by atoms with Crippen LogP contribution in [0.25, 0.3) is 121 Å². The molecule has 0 radical (unpaired) electrons. The minimum atomic E-state index is -0.671. The van der Waals surface area contributed by atoms with Gasteiger partial charge in [0.15, 0.2) is 11.2 Å². The lowest BCUT2D eigenvalue weighted by Crippen LogP contribution is -2.61. The highest BCUT2D eigenvalue weighted by atomic mass is 16.3. The van der Waals surface area contributed by atoms with Crippen LogP contribution >= 0.6 is 0 Å². The third-order valence-electron chi connectivity index (χ3n) is 23.2. The number of anilines is 6. The molecule has 0 spiro atoms. The van der Waals surface area contributed by atoms with Gasteiger partial charge in [-0.1, -0.05) is 292 Å². The van der Waals surface area contributed by atoms with Gasteiger partial charge in [-0.15, -0.1) is 0 Å². The van der Waals surface area contributed by atoms with Crippen LogP contribution in [0.1, 0.15) is 145 Å². The van der Waals surface area contributed by atoms with Crippen LogP contribution in [0.5, 0.6) is 0 Å². The third-order valence-corrected chi connectivity index (χ3v) is 23.2. The van der Waals surface area contributed by atoms with Crippen molar-refractivity contribution in [3.8, 4) is 55.9 Å². The maximum absolute atomic E-state index is 10.1. The molecule has 3 aromatic heterocycles.